The fourth-order valence-electron chi connectivity index (χ4n) is 7.06. The first-order chi connectivity index (χ1) is 26.2. The molecule has 9 atom stereocenters. The molecule has 2 amide bonds. The summed E-state index contributed by atoms with van der Waals surface area (Å²) in [5.74, 6) is -9.60. The summed E-state index contributed by atoms with van der Waals surface area (Å²) in [4.78, 5) is 51.7. The van der Waals surface area contributed by atoms with Crippen LogP contribution in [0.15, 0.2) is 41.2 Å². The topological polar surface area (TPSA) is 243 Å². The van der Waals surface area contributed by atoms with Crippen LogP contribution in [0.2, 0.25) is 0 Å². The fraction of sp³-hybridized carbons (Fsp3) is 0.475. The Labute approximate surface area is 324 Å². The number of phenols is 3. The highest BCUT2D eigenvalue weighted by Crippen LogP contribution is 2.55. The molecule has 0 saturated heterocycles. The summed E-state index contributed by atoms with van der Waals surface area (Å²) >= 11 is 0. The maximum absolute atomic E-state index is 14.2. The van der Waals surface area contributed by atoms with Crippen LogP contribution in [0.5, 0.6) is 23.0 Å². The van der Waals surface area contributed by atoms with Gasteiger partial charge >= 0.3 is 11.8 Å². The molecule has 7 N–H and O–H groups in total. The maximum Gasteiger partial charge on any atom is 0.312 e. The molecule has 0 aliphatic carbocycles. The Morgan fingerprint density at radius 3 is 2.21 bits per heavy atom. The molecule has 0 radical (unpaired) electrons. The van der Waals surface area contributed by atoms with Crippen molar-refractivity contribution in [3.63, 3.8) is 0 Å². The van der Waals surface area contributed by atoms with E-state index in [2.05, 4.69) is 15.8 Å². The van der Waals surface area contributed by atoms with Gasteiger partial charge in [-0.15, -0.1) is 0 Å². The number of fused-ring (bicyclic) bond motifs is 14. The number of hydrogen-bond donors (Lipinski definition) is 7. The Morgan fingerprint density at radius 1 is 0.946 bits per heavy atom. The van der Waals surface area contributed by atoms with Crippen LogP contribution >= 0.6 is 0 Å². The largest absolute Gasteiger partial charge is 0.507 e. The number of nitrogens with one attached hydrogen (secondary N) is 2. The van der Waals surface area contributed by atoms with Gasteiger partial charge in [0.2, 0.25) is 5.91 Å². The summed E-state index contributed by atoms with van der Waals surface area (Å²) in [6.07, 6.45) is 4.19. The number of ether oxygens (including phenoxy) is 4. The zero-order valence-electron chi connectivity index (χ0n) is 33.0. The van der Waals surface area contributed by atoms with Crippen LogP contribution in [0.1, 0.15) is 76.9 Å². The molecule has 16 nitrogen and oxygen atoms in total. The summed E-state index contributed by atoms with van der Waals surface area (Å²) < 4.78 is 23.3. The van der Waals surface area contributed by atoms with Crippen LogP contribution in [-0.4, -0.2) is 92.6 Å². The van der Waals surface area contributed by atoms with Crippen molar-refractivity contribution < 1.29 is 63.7 Å². The summed E-state index contributed by atoms with van der Waals surface area (Å²) in [7, 11) is 1.41. The average molecular weight is 782 g/mol. The van der Waals surface area contributed by atoms with Crippen molar-refractivity contribution in [3.05, 3.63) is 52.8 Å². The quantitative estimate of drug-likeness (QED) is 0.0757. The van der Waals surface area contributed by atoms with Gasteiger partial charge in [0.25, 0.3) is 11.7 Å². The molecule has 0 spiro atoms. The number of hydrogen-bond acceptors (Lipinski definition) is 14. The van der Waals surface area contributed by atoms with E-state index in [0.717, 1.165) is 12.5 Å². The molecule has 16 heteroatoms. The first-order valence-corrected chi connectivity index (χ1v) is 18.1. The van der Waals surface area contributed by atoms with E-state index < -0.39 is 106 Å². The second-order valence-corrected chi connectivity index (χ2v) is 14.5. The van der Waals surface area contributed by atoms with Crippen LogP contribution in [-0.2, 0) is 28.6 Å². The van der Waals surface area contributed by atoms with Crippen LogP contribution in [0.4, 0.5) is 5.69 Å². The van der Waals surface area contributed by atoms with E-state index in [1.54, 1.807) is 33.8 Å². The molecule has 3 aliphatic rings. The number of carbonyl (C=O) groups is 4. The van der Waals surface area contributed by atoms with Gasteiger partial charge in [-0.25, -0.2) is 5.43 Å². The third-order valence-electron chi connectivity index (χ3n) is 10.4. The zero-order valence-corrected chi connectivity index (χ0v) is 33.0. The van der Waals surface area contributed by atoms with Crippen LogP contribution < -0.4 is 15.5 Å². The normalized spacial score (nSPS) is 30.4. The third-order valence-corrected chi connectivity index (χ3v) is 10.4. The number of methoxy groups -OCH3 is 1. The Bertz CT molecular complexity index is 2020. The van der Waals surface area contributed by atoms with Crippen LogP contribution in [0.25, 0.3) is 10.8 Å². The highest BCUT2D eigenvalue weighted by Gasteiger charge is 2.50. The summed E-state index contributed by atoms with van der Waals surface area (Å²) in [5, 5.41) is 63.2. The highest BCUT2D eigenvalue weighted by atomic mass is 16.7. The van der Waals surface area contributed by atoms with Crippen molar-refractivity contribution in [2.24, 2.45) is 28.8 Å². The number of ketones is 1. The number of amides is 2. The van der Waals surface area contributed by atoms with Crippen molar-refractivity contribution in [2.75, 3.05) is 12.4 Å². The second kappa shape index (κ2) is 17.1. The number of rotatable bonds is 4. The first-order valence-electron chi connectivity index (χ1n) is 18.1. The van der Waals surface area contributed by atoms with E-state index >= 15 is 0 Å². The summed E-state index contributed by atoms with van der Waals surface area (Å²) in [5.41, 5.74) is 1.28. The summed E-state index contributed by atoms with van der Waals surface area (Å²) in [6.45, 7) is 13.4. The Morgan fingerprint density at radius 2 is 1.61 bits per heavy atom. The van der Waals surface area contributed by atoms with Crippen molar-refractivity contribution in [1.29, 1.82) is 0 Å². The lowest BCUT2D eigenvalue weighted by Crippen LogP contribution is -2.46. The molecule has 56 heavy (non-hydrogen) atoms. The van der Waals surface area contributed by atoms with Gasteiger partial charge < -0.3 is 49.8 Å². The lowest BCUT2D eigenvalue weighted by Gasteiger charge is -2.38. The number of aromatic hydroxyl groups is 3. The van der Waals surface area contributed by atoms with Gasteiger partial charge in [-0.3, -0.25) is 19.2 Å². The molecule has 3 heterocycles. The van der Waals surface area contributed by atoms with Crippen molar-refractivity contribution in [2.45, 2.75) is 92.5 Å². The Balaban J connectivity index is 1.98. The number of carbonyl (C=O) groups excluding carboxylic acids is 4. The van der Waals surface area contributed by atoms with Gasteiger partial charge in [0, 0.05) is 68.1 Å². The van der Waals surface area contributed by atoms with Crippen molar-refractivity contribution in [3.8, 4) is 23.0 Å². The molecule has 304 valence electrons. The lowest BCUT2D eigenvalue weighted by molar-refractivity contribution is -0.160. The number of anilines is 1. The molecular weight excluding hydrogens is 730 g/mol. The molecule has 3 aliphatic heterocycles. The highest BCUT2D eigenvalue weighted by molar-refractivity contribution is 6.23. The molecule has 0 fully saturated rings. The maximum atomic E-state index is 14.2. The van der Waals surface area contributed by atoms with E-state index in [1.807, 2.05) is 0 Å². The molecule has 0 aromatic heterocycles. The number of benzene rings is 2. The zero-order chi connectivity index (χ0) is 42.0. The number of esters is 1. The van der Waals surface area contributed by atoms with Crippen molar-refractivity contribution >= 4 is 46.2 Å². The van der Waals surface area contributed by atoms with Gasteiger partial charge in [-0.1, -0.05) is 45.9 Å². The van der Waals surface area contributed by atoms with E-state index in [-0.39, 0.29) is 33.4 Å². The second-order valence-electron chi connectivity index (χ2n) is 14.5. The molecule has 5 rings (SSSR count). The standard InChI is InChI=1S/C40H51N3O13/c1-17-12-11-13-18(2)39(52)42-30-25(16-41-43-23(7)44)34(49)27-28(35(30)50)33(48)22(6)37-29(27)38(51)40(9,56-37)54-15-14-26(53-10)19(3)36(55-24(8)45)21(5)32(47)20(4)31(17)46/h11-17,19-21,26,31-32,36,46-50H,1-10H3,(H,42,52)(H,43,44)/b12-11-,15-14?,18-13-,41-16+. The molecule has 5 bridgehead atoms. The molecule has 9 unspecified atom stereocenters. The van der Waals surface area contributed by atoms with E-state index in [0.29, 0.717) is 0 Å². The fourth-order valence-corrected chi connectivity index (χ4v) is 7.06. The van der Waals surface area contributed by atoms with E-state index in [4.69, 9.17) is 18.9 Å². The predicted octanol–water partition coefficient (Wildman–Crippen LogP) is 4.22. The van der Waals surface area contributed by atoms with Crippen LogP contribution in [0, 0.1) is 30.6 Å². The Hall–Kier alpha value is -5.45. The minimum Gasteiger partial charge on any atom is -0.507 e. The smallest absolute Gasteiger partial charge is 0.312 e. The number of Topliss-reactive ketones (excluding diaryl/α,β-unsaturated/α-hetero) is 1. The molecular formula is C40H51N3O13. The number of aliphatic hydroxyl groups is 2. The van der Waals surface area contributed by atoms with Gasteiger partial charge in [0.05, 0.1) is 53.0 Å². The van der Waals surface area contributed by atoms with Crippen LogP contribution in [0.3, 0.4) is 0 Å². The number of phenolic OH excluding ortho intramolecular Hbond substituents is 3. The SMILES string of the molecule is COC1C=COC2(C)Oc3c(C)c(O)c4c(O)c(c(/C=N/NC(C)=O)c(O)c4c3C2=O)NC(=O)/C(C)=C\C=C/C(C)C(O)C(C)C(O)C(C)C(OC(C)=O)C1C. The van der Waals surface area contributed by atoms with E-state index in [1.165, 1.54) is 60.0 Å². The number of allylic oxidation sites excluding steroid dienone is 2. The monoisotopic (exact) mass is 781 g/mol. The Kier molecular flexibility index (Phi) is 13.2. The van der Waals surface area contributed by atoms with Gasteiger partial charge in [0.1, 0.15) is 23.4 Å². The van der Waals surface area contributed by atoms with Crippen molar-refractivity contribution in [1.82, 2.24) is 5.43 Å². The molecule has 2 aromatic carbocycles. The molecule has 2 aromatic rings. The predicted molar refractivity (Wildman–Crippen MR) is 205 cm³/mol. The number of aliphatic hydroxyl groups excluding tert-OH is 2. The van der Waals surface area contributed by atoms with Gasteiger partial charge in [-0.2, -0.15) is 5.10 Å². The van der Waals surface area contributed by atoms with E-state index in [9.17, 15) is 44.7 Å². The minimum absolute atomic E-state index is 0.00113. The van der Waals surface area contributed by atoms with Gasteiger partial charge in [-0.05, 0) is 19.9 Å². The molecule has 0 saturated carbocycles. The number of hydrazone groups is 1. The summed E-state index contributed by atoms with van der Waals surface area (Å²) in [6, 6.07) is 0. The average Bonchev–Trinajstić information content (AvgIpc) is 3.41. The third kappa shape index (κ3) is 8.37. The lowest BCUT2D eigenvalue weighted by atomic mass is 9.78. The minimum atomic E-state index is -2.09. The van der Waals surface area contributed by atoms with Gasteiger partial charge in [0.15, 0.2) is 5.75 Å². The number of nitrogens with zero attached hydrogens (tertiary/aromatic N) is 1. The first kappa shape index (κ1) is 43.3.